The van der Waals surface area contributed by atoms with Crippen molar-refractivity contribution in [3.8, 4) is 0 Å². The van der Waals surface area contributed by atoms with Crippen molar-refractivity contribution >= 4 is 23.2 Å². The number of benzene rings is 2. The predicted molar refractivity (Wildman–Crippen MR) is 97.0 cm³/mol. The third-order valence-corrected chi connectivity index (χ3v) is 4.05. The first-order valence-electron chi connectivity index (χ1n) is 7.85. The van der Waals surface area contributed by atoms with Crippen molar-refractivity contribution in [2.75, 3.05) is 11.9 Å². The molecule has 2 aromatic rings. The number of halogens is 1. The summed E-state index contributed by atoms with van der Waals surface area (Å²) in [5, 5.41) is 6.93. The maximum Gasteiger partial charge on any atom is 0.238 e. The molecule has 3 nitrogen and oxygen atoms in total. The standard InChI is InChI=1S/C19H23ClN2O/c1-13(2)17-6-4-5-7-18(17)22-19(23)12-21-14(3)15-8-10-16(20)11-9-15/h4-11,13-14,21H,12H2,1-3H3,(H,22,23)/t14-/m1/s1. The summed E-state index contributed by atoms with van der Waals surface area (Å²) in [4.78, 5) is 12.2. The molecule has 0 aliphatic carbocycles. The SMILES string of the molecule is CC(C)c1ccccc1NC(=O)CN[C@H](C)c1ccc(Cl)cc1. The van der Waals surface area contributed by atoms with E-state index in [4.69, 9.17) is 11.6 Å². The number of carbonyl (C=O) groups excluding carboxylic acids is 1. The quantitative estimate of drug-likeness (QED) is 0.802. The summed E-state index contributed by atoms with van der Waals surface area (Å²) in [7, 11) is 0. The number of rotatable bonds is 6. The average Bonchev–Trinajstić information content (AvgIpc) is 2.53. The number of amides is 1. The molecule has 0 fully saturated rings. The van der Waals surface area contributed by atoms with E-state index in [2.05, 4.69) is 24.5 Å². The monoisotopic (exact) mass is 330 g/mol. The summed E-state index contributed by atoms with van der Waals surface area (Å²) in [6.07, 6.45) is 0. The molecule has 0 aliphatic heterocycles. The first-order chi connectivity index (χ1) is 11.0. The topological polar surface area (TPSA) is 41.1 Å². The number of anilines is 1. The van der Waals surface area contributed by atoms with Crippen LogP contribution in [0, 0.1) is 0 Å². The Bertz CT molecular complexity index is 653. The largest absolute Gasteiger partial charge is 0.325 e. The highest BCUT2D eigenvalue weighted by molar-refractivity contribution is 6.30. The van der Waals surface area contributed by atoms with E-state index in [-0.39, 0.29) is 18.5 Å². The lowest BCUT2D eigenvalue weighted by Crippen LogP contribution is -2.30. The average molecular weight is 331 g/mol. The molecule has 4 heteroatoms. The minimum Gasteiger partial charge on any atom is -0.325 e. The molecule has 1 atom stereocenters. The van der Waals surface area contributed by atoms with E-state index in [0.717, 1.165) is 16.8 Å². The molecule has 2 N–H and O–H groups in total. The van der Waals surface area contributed by atoms with Crippen LogP contribution in [-0.2, 0) is 4.79 Å². The minimum absolute atomic E-state index is 0.0427. The molecular formula is C19H23ClN2O. The molecule has 122 valence electrons. The van der Waals surface area contributed by atoms with Crippen molar-refractivity contribution in [2.45, 2.75) is 32.7 Å². The number of para-hydroxylation sites is 1. The van der Waals surface area contributed by atoms with Crippen LogP contribution in [0.3, 0.4) is 0 Å². The molecule has 1 amide bonds. The third kappa shape index (κ3) is 5.08. The molecule has 0 heterocycles. The molecule has 0 aromatic heterocycles. The van der Waals surface area contributed by atoms with Crippen molar-refractivity contribution in [1.29, 1.82) is 0 Å². The van der Waals surface area contributed by atoms with Gasteiger partial charge in [0, 0.05) is 16.8 Å². The minimum atomic E-state index is -0.0427. The van der Waals surface area contributed by atoms with E-state index >= 15 is 0 Å². The van der Waals surface area contributed by atoms with E-state index in [0.29, 0.717) is 10.9 Å². The van der Waals surface area contributed by atoms with Gasteiger partial charge in [-0.25, -0.2) is 0 Å². The maximum atomic E-state index is 12.2. The van der Waals surface area contributed by atoms with Crippen molar-refractivity contribution in [3.63, 3.8) is 0 Å². The van der Waals surface area contributed by atoms with E-state index in [1.165, 1.54) is 0 Å². The summed E-state index contributed by atoms with van der Waals surface area (Å²) in [5.74, 6) is 0.325. The van der Waals surface area contributed by atoms with E-state index in [1.54, 1.807) is 0 Å². The molecule has 2 aromatic carbocycles. The first kappa shape index (κ1) is 17.5. The van der Waals surface area contributed by atoms with Crippen LogP contribution in [-0.4, -0.2) is 12.5 Å². The molecule has 0 spiro atoms. The smallest absolute Gasteiger partial charge is 0.238 e. The summed E-state index contributed by atoms with van der Waals surface area (Å²) in [6.45, 7) is 6.52. The van der Waals surface area contributed by atoms with Gasteiger partial charge in [0.05, 0.1) is 6.54 Å². The van der Waals surface area contributed by atoms with E-state index in [9.17, 15) is 4.79 Å². The van der Waals surface area contributed by atoms with Crippen LogP contribution in [0.1, 0.15) is 43.9 Å². The van der Waals surface area contributed by atoms with Crippen LogP contribution in [0.5, 0.6) is 0 Å². The Morgan fingerprint density at radius 3 is 2.35 bits per heavy atom. The molecular weight excluding hydrogens is 308 g/mol. The summed E-state index contributed by atoms with van der Waals surface area (Å²) >= 11 is 5.89. The fourth-order valence-electron chi connectivity index (χ4n) is 2.42. The third-order valence-electron chi connectivity index (χ3n) is 3.80. The summed E-state index contributed by atoms with van der Waals surface area (Å²) < 4.78 is 0. The van der Waals surface area contributed by atoms with Gasteiger partial charge in [-0.2, -0.15) is 0 Å². The van der Waals surface area contributed by atoms with Crippen LogP contribution < -0.4 is 10.6 Å². The van der Waals surface area contributed by atoms with Crippen LogP contribution in [0.25, 0.3) is 0 Å². The summed E-state index contributed by atoms with van der Waals surface area (Å²) in [6, 6.07) is 15.6. The zero-order valence-electron chi connectivity index (χ0n) is 13.8. The lowest BCUT2D eigenvalue weighted by Gasteiger charge is -2.16. The van der Waals surface area contributed by atoms with Crippen LogP contribution >= 0.6 is 11.6 Å². The highest BCUT2D eigenvalue weighted by atomic mass is 35.5. The Morgan fingerprint density at radius 1 is 1.04 bits per heavy atom. The molecule has 0 saturated carbocycles. The molecule has 0 bridgehead atoms. The molecule has 0 unspecified atom stereocenters. The van der Waals surface area contributed by atoms with Gasteiger partial charge in [0.2, 0.25) is 5.91 Å². The van der Waals surface area contributed by atoms with Gasteiger partial charge in [-0.1, -0.05) is 55.8 Å². The number of carbonyl (C=O) groups is 1. The Kier molecular flexibility index (Phi) is 6.20. The van der Waals surface area contributed by atoms with E-state index < -0.39 is 0 Å². The number of nitrogens with one attached hydrogen (secondary N) is 2. The fraction of sp³-hybridized carbons (Fsp3) is 0.316. The molecule has 2 rings (SSSR count). The number of hydrogen-bond donors (Lipinski definition) is 2. The van der Waals surface area contributed by atoms with Gasteiger partial charge in [-0.15, -0.1) is 0 Å². The predicted octanol–water partition coefficient (Wildman–Crippen LogP) is 4.75. The second-order valence-electron chi connectivity index (χ2n) is 5.94. The Morgan fingerprint density at radius 2 is 1.70 bits per heavy atom. The lowest BCUT2D eigenvalue weighted by atomic mass is 10.0. The van der Waals surface area contributed by atoms with Gasteiger partial charge in [-0.3, -0.25) is 4.79 Å². The number of hydrogen-bond acceptors (Lipinski definition) is 2. The molecule has 0 saturated heterocycles. The van der Waals surface area contributed by atoms with Gasteiger partial charge in [0.1, 0.15) is 0 Å². The first-order valence-corrected chi connectivity index (χ1v) is 8.22. The van der Waals surface area contributed by atoms with Crippen molar-refractivity contribution in [3.05, 3.63) is 64.7 Å². The van der Waals surface area contributed by atoms with Gasteiger partial charge in [0.25, 0.3) is 0 Å². The van der Waals surface area contributed by atoms with E-state index in [1.807, 2.05) is 55.5 Å². The Hall–Kier alpha value is -1.84. The van der Waals surface area contributed by atoms with Crippen LogP contribution in [0.15, 0.2) is 48.5 Å². The zero-order chi connectivity index (χ0) is 16.8. The van der Waals surface area contributed by atoms with Gasteiger partial charge in [0.15, 0.2) is 0 Å². The fourth-order valence-corrected chi connectivity index (χ4v) is 2.55. The Balaban J connectivity index is 1.91. The highest BCUT2D eigenvalue weighted by Crippen LogP contribution is 2.23. The summed E-state index contributed by atoms with van der Waals surface area (Å²) in [5.41, 5.74) is 3.13. The second-order valence-corrected chi connectivity index (χ2v) is 6.38. The van der Waals surface area contributed by atoms with Crippen molar-refractivity contribution < 1.29 is 4.79 Å². The normalized spacial score (nSPS) is 12.2. The zero-order valence-corrected chi connectivity index (χ0v) is 14.5. The van der Waals surface area contributed by atoms with Gasteiger partial charge in [-0.05, 0) is 42.2 Å². The lowest BCUT2D eigenvalue weighted by molar-refractivity contribution is -0.115. The van der Waals surface area contributed by atoms with Crippen molar-refractivity contribution in [1.82, 2.24) is 5.32 Å². The van der Waals surface area contributed by atoms with Crippen molar-refractivity contribution in [2.24, 2.45) is 0 Å². The molecule has 0 radical (unpaired) electrons. The van der Waals surface area contributed by atoms with Crippen LogP contribution in [0.4, 0.5) is 5.69 Å². The highest BCUT2D eigenvalue weighted by Gasteiger charge is 2.11. The molecule has 23 heavy (non-hydrogen) atoms. The maximum absolute atomic E-state index is 12.2. The van der Waals surface area contributed by atoms with Gasteiger partial charge >= 0.3 is 0 Å². The van der Waals surface area contributed by atoms with Gasteiger partial charge < -0.3 is 10.6 Å². The van der Waals surface area contributed by atoms with Crippen LogP contribution in [0.2, 0.25) is 5.02 Å². The second kappa shape index (κ2) is 8.14. The Labute approximate surface area is 143 Å². The molecule has 0 aliphatic rings.